The Morgan fingerprint density at radius 3 is 1.04 bits per heavy atom. The van der Waals surface area contributed by atoms with Gasteiger partial charge >= 0.3 is 0 Å². The summed E-state index contributed by atoms with van der Waals surface area (Å²) in [6.07, 6.45) is 21.8. The number of rotatable bonds is 18. The summed E-state index contributed by atoms with van der Waals surface area (Å²) in [6.45, 7) is 2.27. The van der Waals surface area contributed by atoms with Gasteiger partial charge in [0, 0.05) is 29.6 Å². The Labute approximate surface area is 173 Å². The molecule has 0 fully saturated rings. The maximum atomic E-state index is 10.5. The molecule has 0 aliphatic heterocycles. The van der Waals surface area contributed by atoms with Crippen LogP contribution >= 0.6 is 0 Å². The van der Waals surface area contributed by atoms with Gasteiger partial charge < -0.3 is 0 Å². The van der Waals surface area contributed by atoms with Gasteiger partial charge in [-0.05, 0) is 6.42 Å². The fraction of sp³-hybridized carbons (Fsp3) is 1.00. The van der Waals surface area contributed by atoms with Gasteiger partial charge in [0.05, 0.1) is 5.75 Å². The molecule has 0 spiro atoms. The van der Waals surface area contributed by atoms with Crippen LogP contribution in [0.2, 0.25) is 0 Å². The van der Waals surface area contributed by atoms with E-state index in [4.69, 9.17) is 4.55 Å². The molecular weight excluding hydrogens is 331 g/mol. The van der Waals surface area contributed by atoms with E-state index in [0.29, 0.717) is 6.42 Å². The van der Waals surface area contributed by atoms with Crippen LogP contribution in [0.4, 0.5) is 0 Å². The van der Waals surface area contributed by atoms with Crippen molar-refractivity contribution in [2.45, 2.75) is 116 Å². The number of unbranched alkanes of at least 4 members (excludes halogenated alkanes) is 16. The standard InChI is InChI=1S/C19H40O3S.Na/c1-2-3-4-5-6-7-8-9-10-11-12-13-14-15-16-17-18-19-23(20,21)22;/h2-19H2,1H3,(H,20,21,22);. The summed E-state index contributed by atoms with van der Waals surface area (Å²) in [7, 11) is -3.74. The first-order valence-corrected chi connectivity index (χ1v) is 11.6. The fourth-order valence-corrected chi connectivity index (χ4v) is 3.58. The van der Waals surface area contributed by atoms with Crippen LogP contribution in [0.5, 0.6) is 0 Å². The largest absolute Gasteiger partial charge is 0.286 e. The van der Waals surface area contributed by atoms with E-state index in [2.05, 4.69) is 6.92 Å². The average molecular weight is 372 g/mol. The Kier molecular flexibility index (Phi) is 22.9. The van der Waals surface area contributed by atoms with Crippen LogP contribution < -0.4 is 0 Å². The predicted molar refractivity (Wildman–Crippen MR) is 106 cm³/mol. The van der Waals surface area contributed by atoms with Crippen LogP contribution in [-0.4, -0.2) is 48.3 Å². The van der Waals surface area contributed by atoms with E-state index in [1.807, 2.05) is 0 Å². The van der Waals surface area contributed by atoms with Crippen LogP contribution in [0.25, 0.3) is 0 Å². The molecule has 0 aliphatic carbocycles. The van der Waals surface area contributed by atoms with Gasteiger partial charge in [-0.25, -0.2) is 0 Å². The van der Waals surface area contributed by atoms with E-state index in [1.54, 1.807) is 0 Å². The van der Waals surface area contributed by atoms with Crippen molar-refractivity contribution >= 4 is 39.7 Å². The zero-order chi connectivity index (χ0) is 17.2. The molecule has 0 unspecified atom stereocenters. The number of hydrogen-bond acceptors (Lipinski definition) is 2. The molecule has 0 heterocycles. The minimum Gasteiger partial charge on any atom is -0.286 e. The topological polar surface area (TPSA) is 54.4 Å². The Balaban J connectivity index is 0. The van der Waals surface area contributed by atoms with Crippen LogP contribution in [0.1, 0.15) is 116 Å². The quantitative estimate of drug-likeness (QED) is 0.179. The maximum Gasteiger partial charge on any atom is 0.264 e. The Hall–Kier alpha value is 0.910. The van der Waals surface area contributed by atoms with Crippen molar-refractivity contribution in [3.63, 3.8) is 0 Å². The normalized spacial score (nSPS) is 11.4. The first kappa shape index (κ1) is 27.1. The second kappa shape index (κ2) is 20.2. The summed E-state index contributed by atoms with van der Waals surface area (Å²) in [5, 5.41) is 0. The van der Waals surface area contributed by atoms with Gasteiger partial charge in [0.1, 0.15) is 0 Å². The summed E-state index contributed by atoms with van der Waals surface area (Å²) in [5.74, 6) is -0.0778. The Morgan fingerprint density at radius 1 is 0.542 bits per heavy atom. The van der Waals surface area contributed by atoms with Gasteiger partial charge in [-0.2, -0.15) is 8.42 Å². The minimum absolute atomic E-state index is 0. The van der Waals surface area contributed by atoms with E-state index < -0.39 is 10.1 Å². The minimum atomic E-state index is -3.74. The Bertz CT molecular complexity index is 332. The predicted octanol–water partition coefficient (Wildman–Crippen LogP) is 6.15. The molecule has 0 saturated carbocycles. The fourth-order valence-electron chi connectivity index (χ4n) is 3.01. The zero-order valence-electron chi connectivity index (χ0n) is 16.4. The molecule has 0 amide bonds. The summed E-state index contributed by atoms with van der Waals surface area (Å²) >= 11 is 0. The molecule has 0 aliphatic rings. The van der Waals surface area contributed by atoms with Crippen molar-refractivity contribution in [1.82, 2.24) is 0 Å². The molecule has 0 rings (SSSR count). The van der Waals surface area contributed by atoms with Crippen molar-refractivity contribution in [3.8, 4) is 0 Å². The summed E-state index contributed by atoms with van der Waals surface area (Å²) in [5.41, 5.74) is 0. The molecule has 141 valence electrons. The molecular formula is C19H40NaO3S. The third-order valence-corrected chi connectivity index (χ3v) is 5.31. The third kappa shape index (κ3) is 25.2. The summed E-state index contributed by atoms with van der Waals surface area (Å²) < 4.78 is 29.7. The van der Waals surface area contributed by atoms with Gasteiger partial charge in [0.25, 0.3) is 10.1 Å². The second-order valence-corrected chi connectivity index (χ2v) is 8.51. The molecule has 0 atom stereocenters. The van der Waals surface area contributed by atoms with E-state index >= 15 is 0 Å². The zero-order valence-corrected chi connectivity index (χ0v) is 19.2. The van der Waals surface area contributed by atoms with Crippen molar-refractivity contribution in [1.29, 1.82) is 0 Å². The molecule has 5 heteroatoms. The average Bonchev–Trinajstić information content (AvgIpc) is 2.49. The van der Waals surface area contributed by atoms with Crippen LogP contribution in [0.15, 0.2) is 0 Å². The van der Waals surface area contributed by atoms with E-state index in [9.17, 15) is 8.42 Å². The van der Waals surface area contributed by atoms with Gasteiger partial charge in [-0.3, -0.25) is 4.55 Å². The van der Waals surface area contributed by atoms with Crippen LogP contribution in [0, 0.1) is 0 Å². The van der Waals surface area contributed by atoms with Crippen LogP contribution in [-0.2, 0) is 10.1 Å². The molecule has 0 aromatic rings. The van der Waals surface area contributed by atoms with Gasteiger partial charge in [-0.15, -0.1) is 0 Å². The SMILES string of the molecule is CCCCCCCCCCCCCCCCCCCS(=O)(=O)O.[Na]. The molecule has 0 saturated heterocycles. The van der Waals surface area contributed by atoms with Gasteiger partial charge in [0.2, 0.25) is 0 Å². The molecule has 0 bridgehead atoms. The van der Waals surface area contributed by atoms with Crippen molar-refractivity contribution < 1.29 is 13.0 Å². The molecule has 24 heavy (non-hydrogen) atoms. The smallest absolute Gasteiger partial charge is 0.264 e. The first-order valence-electron chi connectivity index (χ1n) is 10.0. The monoisotopic (exact) mass is 371 g/mol. The van der Waals surface area contributed by atoms with Gasteiger partial charge in [0.15, 0.2) is 0 Å². The molecule has 1 N–H and O–H groups in total. The number of hydrogen-bond donors (Lipinski definition) is 1. The molecule has 0 aromatic carbocycles. The van der Waals surface area contributed by atoms with E-state index in [1.165, 1.54) is 89.9 Å². The summed E-state index contributed by atoms with van der Waals surface area (Å²) in [4.78, 5) is 0. The molecule has 1 radical (unpaired) electrons. The third-order valence-electron chi connectivity index (χ3n) is 4.51. The van der Waals surface area contributed by atoms with Crippen molar-refractivity contribution in [3.05, 3.63) is 0 Å². The van der Waals surface area contributed by atoms with E-state index in [-0.39, 0.29) is 35.3 Å². The van der Waals surface area contributed by atoms with Gasteiger partial charge in [-0.1, -0.05) is 110 Å². The second-order valence-electron chi connectivity index (χ2n) is 6.94. The summed E-state index contributed by atoms with van der Waals surface area (Å²) in [6, 6.07) is 0. The molecule has 3 nitrogen and oxygen atoms in total. The molecule has 0 aromatic heterocycles. The van der Waals surface area contributed by atoms with E-state index in [0.717, 1.165) is 12.8 Å². The Morgan fingerprint density at radius 2 is 0.792 bits per heavy atom. The maximum absolute atomic E-state index is 10.5. The van der Waals surface area contributed by atoms with Crippen molar-refractivity contribution in [2.75, 3.05) is 5.75 Å². The van der Waals surface area contributed by atoms with Crippen molar-refractivity contribution in [2.24, 2.45) is 0 Å². The first-order chi connectivity index (χ1) is 11.1. The van der Waals surface area contributed by atoms with Crippen LogP contribution in [0.3, 0.4) is 0 Å².